The first-order chi connectivity index (χ1) is 27.5. The van der Waals surface area contributed by atoms with E-state index in [1.165, 1.54) is 119 Å². The molecule has 0 amide bonds. The Hall–Kier alpha value is -6.54. The lowest BCUT2D eigenvalue weighted by Crippen LogP contribution is -2.15. The average molecular weight is 729 g/mol. The van der Waals surface area contributed by atoms with Gasteiger partial charge in [0, 0.05) is 25.6 Å². The molecule has 1 heterocycles. The highest BCUT2D eigenvalue weighted by atomic mass is 32.1. The Balaban J connectivity index is 0.998. The lowest BCUT2D eigenvalue weighted by atomic mass is 9.80. The van der Waals surface area contributed by atoms with E-state index < -0.39 is 0 Å². The average Bonchev–Trinajstić information content (AvgIpc) is 3.73. The summed E-state index contributed by atoms with van der Waals surface area (Å²) in [7, 11) is 0. The van der Waals surface area contributed by atoms with Crippen LogP contribution in [0.15, 0.2) is 182 Å². The molecule has 0 N–H and O–H groups in total. The van der Waals surface area contributed by atoms with Gasteiger partial charge < -0.3 is 0 Å². The fourth-order valence-electron chi connectivity index (χ4n) is 9.97. The summed E-state index contributed by atoms with van der Waals surface area (Å²) < 4.78 is 2.69. The van der Waals surface area contributed by atoms with Crippen LogP contribution in [-0.2, 0) is 5.41 Å². The van der Waals surface area contributed by atoms with E-state index >= 15 is 0 Å². The van der Waals surface area contributed by atoms with Gasteiger partial charge in [-0.2, -0.15) is 0 Å². The van der Waals surface area contributed by atoms with Gasteiger partial charge in [0.1, 0.15) is 0 Å². The zero-order chi connectivity index (χ0) is 37.1. The van der Waals surface area contributed by atoms with Crippen LogP contribution in [0.2, 0.25) is 0 Å². The molecule has 12 rings (SSSR count). The molecule has 0 aliphatic heterocycles. The molecule has 0 spiro atoms. The molecule has 0 fully saturated rings. The Morgan fingerprint density at radius 1 is 0.339 bits per heavy atom. The van der Waals surface area contributed by atoms with Crippen molar-refractivity contribution < 1.29 is 0 Å². The van der Waals surface area contributed by atoms with Gasteiger partial charge in [0.15, 0.2) is 0 Å². The number of benzene rings is 10. The van der Waals surface area contributed by atoms with Crippen LogP contribution in [0.25, 0.3) is 108 Å². The van der Waals surface area contributed by atoms with Crippen LogP contribution in [0.3, 0.4) is 0 Å². The van der Waals surface area contributed by atoms with Crippen molar-refractivity contribution in [2.45, 2.75) is 19.3 Å². The summed E-state index contributed by atoms with van der Waals surface area (Å²) in [6, 6.07) is 68.3. The molecule has 0 nitrogen and oxygen atoms in total. The normalized spacial score (nSPS) is 13.3. The van der Waals surface area contributed by atoms with Gasteiger partial charge in [-0.25, -0.2) is 0 Å². The Morgan fingerprint density at radius 2 is 0.857 bits per heavy atom. The van der Waals surface area contributed by atoms with E-state index in [0.29, 0.717) is 0 Å². The standard InChI is InChI=1S/C55H36S/c1-55(2)48-30-35(36-23-28-47-51(32-36)56-50-29-25-34-13-4-6-16-39(34)54(47)50)22-26-40(48)41-27-24-37(31-49(41)55)52-43-17-7-9-19-45(43)53(46-20-10-8-18-44(46)52)42-21-11-14-33-12-3-5-15-38(33)42/h3-32H,1-2H3. The molecule has 1 aliphatic carbocycles. The largest absolute Gasteiger partial charge is 0.135 e. The van der Waals surface area contributed by atoms with Gasteiger partial charge in [0.05, 0.1) is 0 Å². The summed E-state index contributed by atoms with van der Waals surface area (Å²) in [5.74, 6) is 0. The minimum Gasteiger partial charge on any atom is -0.135 e. The van der Waals surface area contributed by atoms with Crippen molar-refractivity contribution in [3.8, 4) is 44.5 Å². The van der Waals surface area contributed by atoms with Gasteiger partial charge in [-0.1, -0.05) is 172 Å². The number of rotatable bonds is 3. The fourth-order valence-corrected chi connectivity index (χ4v) is 11.1. The summed E-state index contributed by atoms with van der Waals surface area (Å²) in [5.41, 5.74) is 13.0. The molecule has 262 valence electrons. The predicted octanol–water partition coefficient (Wildman–Crippen LogP) is 16.0. The molecule has 1 aromatic heterocycles. The van der Waals surface area contributed by atoms with Gasteiger partial charge in [-0.05, 0) is 123 Å². The first-order valence-corrected chi connectivity index (χ1v) is 20.4. The molecule has 0 atom stereocenters. The van der Waals surface area contributed by atoms with Crippen LogP contribution >= 0.6 is 11.3 Å². The highest BCUT2D eigenvalue weighted by Gasteiger charge is 2.36. The molecular weight excluding hydrogens is 693 g/mol. The van der Waals surface area contributed by atoms with Crippen molar-refractivity contribution in [3.63, 3.8) is 0 Å². The fraction of sp³-hybridized carbons (Fsp3) is 0.0545. The summed E-state index contributed by atoms with van der Waals surface area (Å²) in [6.45, 7) is 4.82. The van der Waals surface area contributed by atoms with Crippen molar-refractivity contribution in [2.75, 3.05) is 0 Å². The molecular formula is C55H36S. The van der Waals surface area contributed by atoms with Crippen molar-refractivity contribution in [3.05, 3.63) is 193 Å². The summed E-state index contributed by atoms with van der Waals surface area (Å²) in [5, 5.41) is 13.0. The second kappa shape index (κ2) is 11.7. The molecule has 11 aromatic rings. The number of hydrogen-bond donors (Lipinski definition) is 0. The first kappa shape index (κ1) is 31.8. The summed E-state index contributed by atoms with van der Waals surface area (Å²) in [4.78, 5) is 0. The lowest BCUT2D eigenvalue weighted by Gasteiger charge is -2.23. The zero-order valence-electron chi connectivity index (χ0n) is 31.2. The third kappa shape index (κ3) is 4.47. The molecule has 0 bridgehead atoms. The molecule has 0 radical (unpaired) electrons. The highest BCUT2D eigenvalue weighted by Crippen LogP contribution is 2.53. The number of fused-ring (bicyclic) bond motifs is 11. The van der Waals surface area contributed by atoms with Crippen molar-refractivity contribution in [1.82, 2.24) is 0 Å². The maximum absolute atomic E-state index is 2.49. The molecule has 1 heteroatoms. The predicted molar refractivity (Wildman–Crippen MR) is 243 cm³/mol. The van der Waals surface area contributed by atoms with Gasteiger partial charge in [-0.3, -0.25) is 0 Å². The van der Waals surface area contributed by atoms with E-state index in [-0.39, 0.29) is 5.41 Å². The minimum atomic E-state index is -0.161. The van der Waals surface area contributed by atoms with Gasteiger partial charge in [0.2, 0.25) is 0 Å². The SMILES string of the molecule is CC1(C)c2cc(-c3ccc4c(c3)sc3ccc5ccccc5c34)ccc2-c2ccc(-c3c4ccccc4c(-c4cccc5ccccc45)c4ccccc34)cc21. The van der Waals surface area contributed by atoms with Crippen molar-refractivity contribution in [2.24, 2.45) is 0 Å². The smallest absolute Gasteiger partial charge is 0.0361 e. The second-order valence-corrected chi connectivity index (χ2v) is 17.1. The topological polar surface area (TPSA) is 0 Å². The van der Waals surface area contributed by atoms with Gasteiger partial charge in [0.25, 0.3) is 0 Å². The van der Waals surface area contributed by atoms with E-state index in [4.69, 9.17) is 0 Å². The van der Waals surface area contributed by atoms with Crippen molar-refractivity contribution >= 4 is 74.6 Å². The zero-order valence-corrected chi connectivity index (χ0v) is 32.0. The number of thiophene rings is 1. The van der Waals surface area contributed by atoms with E-state index in [1.807, 2.05) is 11.3 Å². The Bertz CT molecular complexity index is 3390. The van der Waals surface area contributed by atoms with Crippen LogP contribution in [0.4, 0.5) is 0 Å². The Kier molecular flexibility index (Phi) is 6.66. The van der Waals surface area contributed by atoms with Gasteiger partial charge in [-0.15, -0.1) is 11.3 Å². The molecule has 1 aliphatic rings. The van der Waals surface area contributed by atoms with Crippen LogP contribution in [0, 0.1) is 0 Å². The van der Waals surface area contributed by atoms with Crippen LogP contribution in [0.5, 0.6) is 0 Å². The van der Waals surface area contributed by atoms with Crippen LogP contribution < -0.4 is 0 Å². The maximum Gasteiger partial charge on any atom is 0.0361 e. The number of hydrogen-bond acceptors (Lipinski definition) is 1. The van der Waals surface area contributed by atoms with E-state index in [9.17, 15) is 0 Å². The second-order valence-electron chi connectivity index (χ2n) is 16.0. The molecule has 10 aromatic carbocycles. The van der Waals surface area contributed by atoms with Crippen LogP contribution in [-0.4, -0.2) is 0 Å². The monoisotopic (exact) mass is 728 g/mol. The quantitative estimate of drug-likeness (QED) is 0.159. The summed E-state index contributed by atoms with van der Waals surface area (Å²) in [6.07, 6.45) is 0. The molecule has 56 heavy (non-hydrogen) atoms. The minimum absolute atomic E-state index is 0.161. The Morgan fingerprint density at radius 3 is 1.55 bits per heavy atom. The lowest BCUT2D eigenvalue weighted by molar-refractivity contribution is 0.661. The van der Waals surface area contributed by atoms with E-state index in [1.54, 1.807) is 0 Å². The first-order valence-electron chi connectivity index (χ1n) is 19.6. The molecule has 0 saturated carbocycles. The third-order valence-electron chi connectivity index (χ3n) is 12.7. The Labute approximate surface area is 329 Å². The summed E-state index contributed by atoms with van der Waals surface area (Å²) >= 11 is 1.90. The molecule has 0 saturated heterocycles. The molecule has 0 unspecified atom stereocenters. The van der Waals surface area contributed by atoms with Crippen molar-refractivity contribution in [1.29, 1.82) is 0 Å². The third-order valence-corrected chi connectivity index (χ3v) is 13.8. The van der Waals surface area contributed by atoms with E-state index in [0.717, 1.165) is 0 Å². The maximum atomic E-state index is 2.49. The van der Waals surface area contributed by atoms with Crippen LogP contribution in [0.1, 0.15) is 25.0 Å². The highest BCUT2D eigenvalue weighted by molar-refractivity contribution is 7.26. The van der Waals surface area contributed by atoms with E-state index in [2.05, 4.69) is 196 Å². The van der Waals surface area contributed by atoms with Gasteiger partial charge >= 0.3 is 0 Å².